The lowest BCUT2D eigenvalue weighted by atomic mass is 9.94. The molecule has 1 aliphatic rings. The highest BCUT2D eigenvalue weighted by Crippen LogP contribution is 2.33. The van der Waals surface area contributed by atoms with Crippen LogP contribution < -0.4 is 0 Å². The molecule has 2 heterocycles. The Morgan fingerprint density at radius 2 is 1.86 bits per heavy atom. The Balaban J connectivity index is 1.53. The maximum absolute atomic E-state index is 13.0. The van der Waals surface area contributed by atoms with Gasteiger partial charge in [0.1, 0.15) is 6.33 Å². The maximum Gasteiger partial charge on any atom is 0.254 e. The van der Waals surface area contributed by atoms with E-state index >= 15 is 0 Å². The fourth-order valence-corrected chi connectivity index (χ4v) is 3.98. The van der Waals surface area contributed by atoms with Crippen LogP contribution in [0.1, 0.15) is 41.8 Å². The lowest BCUT2D eigenvalue weighted by Gasteiger charge is -2.37. The summed E-state index contributed by atoms with van der Waals surface area (Å²) in [5.41, 5.74) is 3.92. The van der Waals surface area contributed by atoms with Crippen LogP contribution in [0.5, 0.6) is 0 Å². The van der Waals surface area contributed by atoms with Gasteiger partial charge in [-0.05, 0) is 49.1 Å². The Morgan fingerprint density at radius 3 is 2.62 bits per heavy atom. The molecule has 1 aliphatic heterocycles. The number of carbonyl (C=O) groups is 1. The number of ether oxygens (including phenoxy) is 1. The van der Waals surface area contributed by atoms with E-state index in [0.717, 1.165) is 35.1 Å². The highest BCUT2D eigenvalue weighted by Gasteiger charge is 2.30. The van der Waals surface area contributed by atoms with E-state index in [0.29, 0.717) is 13.2 Å². The lowest BCUT2D eigenvalue weighted by molar-refractivity contribution is -0.0231. The molecule has 2 aromatic carbocycles. The average molecular weight is 387 g/mol. The molecule has 148 valence electrons. The smallest absolute Gasteiger partial charge is 0.254 e. The van der Waals surface area contributed by atoms with Crippen molar-refractivity contribution in [3.05, 3.63) is 84.4 Å². The van der Waals surface area contributed by atoms with Crippen molar-refractivity contribution in [1.82, 2.24) is 14.9 Å². The Bertz CT molecular complexity index is 947. The Kier molecular flexibility index (Phi) is 5.96. The van der Waals surface area contributed by atoms with Gasteiger partial charge in [-0.25, -0.2) is 9.97 Å². The molecule has 4 rings (SSSR count). The van der Waals surface area contributed by atoms with E-state index in [1.54, 1.807) is 0 Å². The van der Waals surface area contributed by atoms with Crippen LogP contribution in [-0.2, 0) is 4.74 Å². The van der Waals surface area contributed by atoms with Crippen molar-refractivity contribution < 1.29 is 9.53 Å². The van der Waals surface area contributed by atoms with Gasteiger partial charge in [-0.2, -0.15) is 0 Å². The van der Waals surface area contributed by atoms with Gasteiger partial charge in [0.15, 0.2) is 0 Å². The normalized spacial score (nSPS) is 18.9. The number of nitrogens with zero attached hydrogens (tertiary/aromatic N) is 3. The molecule has 0 saturated carbocycles. The second-order valence-corrected chi connectivity index (χ2v) is 7.25. The minimum Gasteiger partial charge on any atom is -0.373 e. The molecule has 5 nitrogen and oxygen atoms in total. The Hall–Kier alpha value is -3.05. The first kappa shape index (κ1) is 19.3. The zero-order valence-corrected chi connectivity index (χ0v) is 16.6. The highest BCUT2D eigenvalue weighted by molar-refractivity contribution is 5.94. The van der Waals surface area contributed by atoms with E-state index in [4.69, 9.17) is 4.74 Å². The van der Waals surface area contributed by atoms with Crippen molar-refractivity contribution in [3.8, 4) is 11.1 Å². The van der Waals surface area contributed by atoms with Crippen LogP contribution in [0, 0.1) is 0 Å². The first-order valence-corrected chi connectivity index (χ1v) is 10.1. The molecule has 0 unspecified atom stereocenters. The van der Waals surface area contributed by atoms with Crippen LogP contribution in [0.3, 0.4) is 0 Å². The van der Waals surface area contributed by atoms with Crippen LogP contribution in [0.2, 0.25) is 0 Å². The summed E-state index contributed by atoms with van der Waals surface area (Å²) < 4.78 is 6.10. The summed E-state index contributed by atoms with van der Waals surface area (Å²) in [6.45, 7) is 3.38. The summed E-state index contributed by atoms with van der Waals surface area (Å²) in [7, 11) is 0. The van der Waals surface area contributed by atoms with Crippen molar-refractivity contribution in [2.75, 3.05) is 13.2 Å². The van der Waals surface area contributed by atoms with Gasteiger partial charge >= 0.3 is 0 Å². The SMILES string of the molecule is CCN(C(=O)c1ccccc1)[C@H]1CCO[C@@H](c2cccc(-c3cncnc3)c2)C1. The van der Waals surface area contributed by atoms with Crippen molar-refractivity contribution in [1.29, 1.82) is 0 Å². The predicted octanol–water partition coefficient (Wildman–Crippen LogP) is 4.53. The Labute approximate surface area is 171 Å². The number of carbonyl (C=O) groups excluding carboxylic acids is 1. The summed E-state index contributed by atoms with van der Waals surface area (Å²) in [6.07, 6.45) is 6.78. The van der Waals surface area contributed by atoms with Crippen molar-refractivity contribution in [3.63, 3.8) is 0 Å². The van der Waals surface area contributed by atoms with Crippen molar-refractivity contribution >= 4 is 5.91 Å². The summed E-state index contributed by atoms with van der Waals surface area (Å²) >= 11 is 0. The molecule has 2 atom stereocenters. The first-order chi connectivity index (χ1) is 14.3. The summed E-state index contributed by atoms with van der Waals surface area (Å²) in [6, 6.07) is 18.0. The Morgan fingerprint density at radius 1 is 1.07 bits per heavy atom. The van der Waals surface area contributed by atoms with Gasteiger partial charge in [0.2, 0.25) is 0 Å². The number of aromatic nitrogens is 2. The van der Waals surface area contributed by atoms with E-state index < -0.39 is 0 Å². The van der Waals surface area contributed by atoms with Gasteiger partial charge < -0.3 is 9.64 Å². The quantitative estimate of drug-likeness (QED) is 0.646. The fraction of sp³-hybridized carbons (Fsp3) is 0.292. The molecule has 0 radical (unpaired) electrons. The number of rotatable bonds is 5. The third-order valence-electron chi connectivity index (χ3n) is 5.47. The van der Waals surface area contributed by atoms with Crippen LogP contribution in [0.15, 0.2) is 73.3 Å². The third kappa shape index (κ3) is 4.35. The zero-order chi connectivity index (χ0) is 20.1. The van der Waals surface area contributed by atoms with Gasteiger partial charge in [-0.15, -0.1) is 0 Å². The van der Waals surface area contributed by atoms with E-state index in [9.17, 15) is 4.79 Å². The number of benzene rings is 2. The number of hydrogen-bond donors (Lipinski definition) is 0. The van der Waals surface area contributed by atoms with Gasteiger partial charge in [0.25, 0.3) is 5.91 Å². The summed E-state index contributed by atoms with van der Waals surface area (Å²) in [4.78, 5) is 23.2. The molecule has 0 bridgehead atoms. The van der Waals surface area contributed by atoms with E-state index in [1.165, 1.54) is 6.33 Å². The molecule has 0 N–H and O–H groups in total. The first-order valence-electron chi connectivity index (χ1n) is 10.1. The average Bonchev–Trinajstić information content (AvgIpc) is 2.81. The highest BCUT2D eigenvalue weighted by atomic mass is 16.5. The lowest BCUT2D eigenvalue weighted by Crippen LogP contribution is -2.43. The molecule has 0 aliphatic carbocycles. The van der Waals surface area contributed by atoms with E-state index in [-0.39, 0.29) is 18.1 Å². The second kappa shape index (κ2) is 8.97. The van der Waals surface area contributed by atoms with Crippen molar-refractivity contribution in [2.24, 2.45) is 0 Å². The van der Waals surface area contributed by atoms with E-state index in [2.05, 4.69) is 28.2 Å². The minimum absolute atomic E-state index is 0.0315. The molecule has 1 fully saturated rings. The molecule has 1 aromatic heterocycles. The third-order valence-corrected chi connectivity index (χ3v) is 5.47. The molecular formula is C24H25N3O2. The zero-order valence-electron chi connectivity index (χ0n) is 16.6. The minimum atomic E-state index is -0.0315. The predicted molar refractivity (Wildman–Crippen MR) is 112 cm³/mol. The second-order valence-electron chi connectivity index (χ2n) is 7.25. The number of amides is 1. The van der Waals surface area contributed by atoms with Crippen LogP contribution in [0.25, 0.3) is 11.1 Å². The largest absolute Gasteiger partial charge is 0.373 e. The summed E-state index contributed by atoms with van der Waals surface area (Å²) in [5, 5.41) is 0. The van der Waals surface area contributed by atoms with Crippen LogP contribution in [-0.4, -0.2) is 40.0 Å². The van der Waals surface area contributed by atoms with Gasteiger partial charge in [0, 0.05) is 42.7 Å². The van der Waals surface area contributed by atoms with Gasteiger partial charge in [-0.3, -0.25) is 4.79 Å². The van der Waals surface area contributed by atoms with E-state index in [1.807, 2.05) is 60.6 Å². The van der Waals surface area contributed by atoms with Gasteiger partial charge in [-0.1, -0.05) is 36.4 Å². The molecule has 3 aromatic rings. The number of hydrogen-bond acceptors (Lipinski definition) is 4. The van der Waals surface area contributed by atoms with Crippen LogP contribution in [0.4, 0.5) is 0 Å². The molecule has 5 heteroatoms. The van der Waals surface area contributed by atoms with Crippen molar-refractivity contribution in [2.45, 2.75) is 31.9 Å². The molecular weight excluding hydrogens is 362 g/mol. The maximum atomic E-state index is 13.0. The standard InChI is InChI=1S/C24H25N3O2/c1-2-27(24(28)18-7-4-3-5-8-18)22-11-12-29-23(14-22)20-10-6-9-19(13-20)21-15-25-17-26-16-21/h3-10,13,15-17,22-23H,2,11-12,14H2,1H3/t22-,23+/m0/s1. The monoisotopic (exact) mass is 387 g/mol. The topological polar surface area (TPSA) is 55.3 Å². The fourth-order valence-electron chi connectivity index (χ4n) is 3.98. The molecule has 1 amide bonds. The molecule has 0 spiro atoms. The molecule has 29 heavy (non-hydrogen) atoms. The molecule has 1 saturated heterocycles. The van der Waals surface area contributed by atoms with Crippen LogP contribution >= 0.6 is 0 Å². The summed E-state index contributed by atoms with van der Waals surface area (Å²) in [5.74, 6) is 0.0916. The van der Waals surface area contributed by atoms with Gasteiger partial charge in [0.05, 0.1) is 6.10 Å².